The SMILES string of the molecule is COc1cc2c(cc1NC(=O)[C@H](C)N1CC=C(c3ccc(O)cc3)CC1)oc1ccccc12. The van der Waals surface area contributed by atoms with Gasteiger partial charge in [-0.25, -0.2) is 0 Å². The van der Waals surface area contributed by atoms with Crippen molar-refractivity contribution in [1.29, 1.82) is 0 Å². The van der Waals surface area contributed by atoms with E-state index in [0.717, 1.165) is 34.9 Å². The molecule has 0 saturated heterocycles. The number of anilines is 1. The zero-order chi connectivity index (χ0) is 22.9. The van der Waals surface area contributed by atoms with E-state index >= 15 is 0 Å². The number of carbonyl (C=O) groups is 1. The van der Waals surface area contributed by atoms with E-state index in [2.05, 4.69) is 16.3 Å². The fraction of sp³-hybridized carbons (Fsp3) is 0.222. The van der Waals surface area contributed by atoms with Gasteiger partial charge in [0.15, 0.2) is 0 Å². The summed E-state index contributed by atoms with van der Waals surface area (Å²) in [5, 5.41) is 14.5. The van der Waals surface area contributed by atoms with Crippen molar-refractivity contribution in [3.63, 3.8) is 0 Å². The topological polar surface area (TPSA) is 74.9 Å². The van der Waals surface area contributed by atoms with Crippen LogP contribution in [-0.2, 0) is 4.79 Å². The number of carbonyl (C=O) groups excluding carboxylic acids is 1. The fourth-order valence-corrected chi connectivity index (χ4v) is 4.40. The molecular weight excluding hydrogens is 416 g/mol. The van der Waals surface area contributed by atoms with Crippen LogP contribution >= 0.6 is 0 Å². The molecule has 0 unspecified atom stereocenters. The van der Waals surface area contributed by atoms with Gasteiger partial charge in [-0.3, -0.25) is 9.69 Å². The predicted molar refractivity (Wildman–Crippen MR) is 131 cm³/mol. The molecule has 168 valence electrons. The molecule has 1 atom stereocenters. The van der Waals surface area contributed by atoms with Crippen LogP contribution in [0.2, 0.25) is 0 Å². The van der Waals surface area contributed by atoms with Gasteiger partial charge in [0.25, 0.3) is 0 Å². The van der Waals surface area contributed by atoms with Gasteiger partial charge in [-0.05, 0) is 48.7 Å². The molecule has 3 aromatic carbocycles. The summed E-state index contributed by atoms with van der Waals surface area (Å²) in [5.74, 6) is 0.770. The number of phenolic OH excluding ortho intramolecular Hbond substituents is 1. The number of benzene rings is 3. The highest BCUT2D eigenvalue weighted by Gasteiger charge is 2.25. The van der Waals surface area contributed by atoms with Crippen LogP contribution in [0, 0.1) is 0 Å². The molecule has 33 heavy (non-hydrogen) atoms. The largest absolute Gasteiger partial charge is 0.508 e. The van der Waals surface area contributed by atoms with E-state index < -0.39 is 0 Å². The van der Waals surface area contributed by atoms with Gasteiger partial charge >= 0.3 is 0 Å². The van der Waals surface area contributed by atoms with E-state index in [-0.39, 0.29) is 17.7 Å². The van der Waals surface area contributed by atoms with Crippen LogP contribution in [0.25, 0.3) is 27.5 Å². The summed E-state index contributed by atoms with van der Waals surface area (Å²) in [7, 11) is 1.60. The Labute approximate surface area is 192 Å². The first-order valence-electron chi connectivity index (χ1n) is 11.1. The Morgan fingerprint density at radius 1 is 1.09 bits per heavy atom. The van der Waals surface area contributed by atoms with Crippen molar-refractivity contribution < 1.29 is 19.1 Å². The van der Waals surface area contributed by atoms with Gasteiger partial charge in [-0.2, -0.15) is 0 Å². The lowest BCUT2D eigenvalue weighted by Gasteiger charge is -2.31. The summed E-state index contributed by atoms with van der Waals surface area (Å²) >= 11 is 0. The van der Waals surface area contributed by atoms with Crippen LogP contribution < -0.4 is 10.1 Å². The van der Waals surface area contributed by atoms with E-state index in [1.807, 2.05) is 55.5 Å². The van der Waals surface area contributed by atoms with Gasteiger partial charge in [0.1, 0.15) is 22.7 Å². The smallest absolute Gasteiger partial charge is 0.241 e. The zero-order valence-corrected chi connectivity index (χ0v) is 18.7. The molecule has 6 heteroatoms. The van der Waals surface area contributed by atoms with Crippen molar-refractivity contribution in [2.45, 2.75) is 19.4 Å². The van der Waals surface area contributed by atoms with Gasteiger partial charge in [-0.1, -0.05) is 36.4 Å². The first-order chi connectivity index (χ1) is 16.0. The number of ether oxygens (including phenoxy) is 1. The molecule has 1 amide bonds. The van der Waals surface area contributed by atoms with Gasteiger partial charge in [0.05, 0.1) is 18.8 Å². The maximum Gasteiger partial charge on any atom is 0.241 e. The third-order valence-corrected chi connectivity index (χ3v) is 6.36. The lowest BCUT2D eigenvalue weighted by Crippen LogP contribution is -2.44. The first-order valence-corrected chi connectivity index (χ1v) is 11.1. The molecule has 0 radical (unpaired) electrons. The van der Waals surface area contributed by atoms with Crippen molar-refractivity contribution in [3.8, 4) is 11.5 Å². The van der Waals surface area contributed by atoms with E-state index in [4.69, 9.17) is 9.15 Å². The molecule has 4 aromatic rings. The Kier molecular flexibility index (Phi) is 5.52. The molecule has 2 heterocycles. The monoisotopic (exact) mass is 442 g/mol. The summed E-state index contributed by atoms with van der Waals surface area (Å²) in [6.45, 7) is 3.38. The number of nitrogens with zero attached hydrogens (tertiary/aromatic N) is 1. The number of rotatable bonds is 5. The molecular formula is C27H26N2O4. The van der Waals surface area contributed by atoms with E-state index in [1.165, 1.54) is 5.57 Å². The maximum atomic E-state index is 13.1. The highest BCUT2D eigenvalue weighted by atomic mass is 16.5. The molecule has 5 rings (SSSR count). The van der Waals surface area contributed by atoms with Crippen molar-refractivity contribution in [2.24, 2.45) is 0 Å². The Hall–Kier alpha value is -3.77. The summed E-state index contributed by atoms with van der Waals surface area (Å²) < 4.78 is 11.5. The number of fused-ring (bicyclic) bond motifs is 3. The Morgan fingerprint density at radius 3 is 2.61 bits per heavy atom. The maximum absolute atomic E-state index is 13.1. The number of methoxy groups -OCH3 is 1. The van der Waals surface area contributed by atoms with Crippen LogP contribution in [0.15, 0.2) is 71.2 Å². The minimum absolute atomic E-state index is 0.0924. The minimum atomic E-state index is -0.307. The average molecular weight is 443 g/mol. The lowest BCUT2D eigenvalue weighted by atomic mass is 9.98. The number of amides is 1. The molecule has 1 aromatic heterocycles. The normalized spacial score (nSPS) is 15.4. The molecule has 2 N–H and O–H groups in total. The molecule has 0 saturated carbocycles. The van der Waals surface area contributed by atoms with E-state index in [0.29, 0.717) is 23.6 Å². The summed E-state index contributed by atoms with van der Waals surface area (Å²) in [6.07, 6.45) is 3.00. The van der Waals surface area contributed by atoms with E-state index in [1.54, 1.807) is 19.2 Å². The van der Waals surface area contributed by atoms with E-state index in [9.17, 15) is 9.90 Å². The second-order valence-corrected chi connectivity index (χ2v) is 8.33. The van der Waals surface area contributed by atoms with Crippen LogP contribution in [-0.4, -0.2) is 42.2 Å². The molecule has 0 spiro atoms. The molecule has 0 bridgehead atoms. The second-order valence-electron chi connectivity index (χ2n) is 8.33. The molecule has 1 aliphatic heterocycles. The van der Waals surface area contributed by atoms with Gasteiger partial charge in [0, 0.05) is 29.9 Å². The molecule has 0 aliphatic carbocycles. The van der Waals surface area contributed by atoms with Crippen LogP contribution in [0.4, 0.5) is 5.69 Å². The predicted octanol–water partition coefficient (Wildman–Crippen LogP) is 5.42. The highest BCUT2D eigenvalue weighted by molar-refractivity contribution is 6.08. The Bertz CT molecular complexity index is 1350. The first kappa shape index (κ1) is 21.1. The number of hydrogen-bond donors (Lipinski definition) is 2. The highest BCUT2D eigenvalue weighted by Crippen LogP contribution is 2.36. The van der Waals surface area contributed by atoms with Crippen LogP contribution in [0.3, 0.4) is 0 Å². The van der Waals surface area contributed by atoms with Crippen LogP contribution in [0.5, 0.6) is 11.5 Å². The fourth-order valence-electron chi connectivity index (χ4n) is 4.40. The number of phenols is 1. The van der Waals surface area contributed by atoms with Crippen molar-refractivity contribution in [1.82, 2.24) is 4.90 Å². The van der Waals surface area contributed by atoms with Gasteiger partial charge < -0.3 is 19.6 Å². The van der Waals surface area contributed by atoms with Crippen molar-refractivity contribution in [3.05, 3.63) is 72.3 Å². The number of para-hydroxylation sites is 1. The van der Waals surface area contributed by atoms with Crippen LogP contribution in [0.1, 0.15) is 18.9 Å². The summed E-state index contributed by atoms with van der Waals surface area (Å²) in [5.41, 5.74) is 4.44. The number of aromatic hydroxyl groups is 1. The van der Waals surface area contributed by atoms with Crippen molar-refractivity contribution >= 4 is 39.1 Å². The van der Waals surface area contributed by atoms with Gasteiger partial charge in [0.2, 0.25) is 5.91 Å². The van der Waals surface area contributed by atoms with Crippen molar-refractivity contribution in [2.75, 3.05) is 25.5 Å². The zero-order valence-electron chi connectivity index (χ0n) is 18.7. The summed E-state index contributed by atoms with van der Waals surface area (Å²) in [4.78, 5) is 15.2. The Morgan fingerprint density at radius 2 is 1.88 bits per heavy atom. The number of furan rings is 1. The lowest BCUT2D eigenvalue weighted by molar-refractivity contribution is -0.120. The number of nitrogens with one attached hydrogen (secondary N) is 1. The average Bonchev–Trinajstić information content (AvgIpc) is 3.21. The quantitative estimate of drug-likeness (QED) is 0.432. The molecule has 1 aliphatic rings. The van der Waals surface area contributed by atoms with Gasteiger partial charge in [-0.15, -0.1) is 0 Å². The standard InChI is InChI=1S/C27H26N2O4/c1-17(29-13-11-19(12-14-29)18-7-9-20(30)10-8-18)27(31)28-23-16-25-22(15-26(23)32-2)21-5-3-4-6-24(21)33-25/h3-11,15-17,30H,12-14H2,1-2H3,(H,28,31)/t17-/m0/s1. The summed E-state index contributed by atoms with van der Waals surface area (Å²) in [6, 6.07) is 18.5. The third-order valence-electron chi connectivity index (χ3n) is 6.36. The minimum Gasteiger partial charge on any atom is -0.508 e. The Balaban J connectivity index is 1.33. The second kappa shape index (κ2) is 8.64. The third kappa shape index (κ3) is 4.05. The molecule has 6 nitrogen and oxygen atoms in total. The molecule has 0 fully saturated rings. The number of hydrogen-bond acceptors (Lipinski definition) is 5.